The largest absolute Gasteiger partial charge is 0.480 e. The number of nitrogens with zero attached hydrogens (tertiary/aromatic N) is 3. The van der Waals surface area contributed by atoms with E-state index >= 15 is 0 Å². The van der Waals surface area contributed by atoms with Crippen LogP contribution < -0.4 is 4.72 Å². The fraction of sp³-hybridized carbons (Fsp3) is 0.300. The summed E-state index contributed by atoms with van der Waals surface area (Å²) in [6.07, 6.45) is 3.95. The molecule has 2 aromatic rings. The zero-order chi connectivity index (χ0) is 14.8. The Hall–Kier alpha value is -1.78. The Morgan fingerprint density at radius 1 is 1.50 bits per heavy atom. The van der Waals surface area contributed by atoms with Crippen molar-refractivity contribution < 1.29 is 18.3 Å². The number of hydrogen-bond acceptors (Lipinski definition) is 6. The van der Waals surface area contributed by atoms with Crippen LogP contribution in [0, 0.1) is 6.92 Å². The molecule has 0 atom stereocenters. The van der Waals surface area contributed by atoms with Gasteiger partial charge in [-0.1, -0.05) is 0 Å². The van der Waals surface area contributed by atoms with E-state index in [1.807, 2.05) is 6.92 Å². The van der Waals surface area contributed by atoms with Gasteiger partial charge in [0.15, 0.2) is 0 Å². The summed E-state index contributed by atoms with van der Waals surface area (Å²) in [5.41, 5.74) is 0. The number of carbonyl (C=O) groups is 1. The SMILES string of the molecule is Cc1cnc(CNS(=O)(=O)c2cnn(CC(=O)O)c2)s1. The lowest BCUT2D eigenvalue weighted by molar-refractivity contribution is -0.137. The fourth-order valence-electron chi connectivity index (χ4n) is 1.43. The molecular weight excluding hydrogens is 304 g/mol. The Morgan fingerprint density at radius 3 is 2.85 bits per heavy atom. The minimum atomic E-state index is -3.72. The summed E-state index contributed by atoms with van der Waals surface area (Å²) in [7, 11) is -3.72. The van der Waals surface area contributed by atoms with Gasteiger partial charge in [0.1, 0.15) is 16.4 Å². The van der Waals surface area contributed by atoms with E-state index in [2.05, 4.69) is 14.8 Å². The molecule has 2 heterocycles. The topological polar surface area (TPSA) is 114 Å². The Labute approximate surface area is 119 Å². The van der Waals surface area contributed by atoms with Crippen molar-refractivity contribution in [2.45, 2.75) is 24.9 Å². The van der Waals surface area contributed by atoms with E-state index in [0.29, 0.717) is 5.01 Å². The van der Waals surface area contributed by atoms with Gasteiger partial charge in [-0.15, -0.1) is 11.3 Å². The number of thiazole rings is 1. The predicted octanol–water partition coefficient (Wildman–Crippen LogP) is 0.211. The Morgan fingerprint density at radius 2 is 2.25 bits per heavy atom. The Balaban J connectivity index is 2.06. The summed E-state index contributed by atoms with van der Waals surface area (Å²) in [6.45, 7) is 1.58. The summed E-state index contributed by atoms with van der Waals surface area (Å²) in [5, 5.41) is 12.9. The van der Waals surface area contributed by atoms with Crippen LogP contribution in [-0.2, 0) is 27.9 Å². The molecule has 0 radical (unpaired) electrons. The first-order valence-electron chi connectivity index (χ1n) is 5.52. The monoisotopic (exact) mass is 316 g/mol. The number of hydrogen-bond donors (Lipinski definition) is 2. The molecule has 0 amide bonds. The summed E-state index contributed by atoms with van der Waals surface area (Å²) in [4.78, 5) is 15.5. The molecule has 0 unspecified atom stereocenters. The van der Waals surface area contributed by atoms with Crippen molar-refractivity contribution in [3.8, 4) is 0 Å². The maximum absolute atomic E-state index is 12.0. The van der Waals surface area contributed by atoms with Crippen molar-refractivity contribution in [1.82, 2.24) is 19.5 Å². The van der Waals surface area contributed by atoms with Crippen LogP contribution in [0.2, 0.25) is 0 Å². The van der Waals surface area contributed by atoms with Crippen LogP contribution in [0.4, 0.5) is 0 Å². The third-order valence-electron chi connectivity index (χ3n) is 2.30. The number of sulfonamides is 1. The van der Waals surface area contributed by atoms with Crippen molar-refractivity contribution in [2.75, 3.05) is 0 Å². The lowest BCUT2D eigenvalue weighted by Crippen LogP contribution is -2.22. The van der Waals surface area contributed by atoms with Gasteiger partial charge in [-0.2, -0.15) is 5.10 Å². The average Bonchev–Trinajstić information content (AvgIpc) is 2.95. The minimum absolute atomic E-state index is 0.0768. The average molecular weight is 316 g/mol. The lowest BCUT2D eigenvalue weighted by atomic mass is 10.6. The van der Waals surface area contributed by atoms with Gasteiger partial charge < -0.3 is 5.11 Å². The molecule has 2 N–H and O–H groups in total. The summed E-state index contributed by atoms with van der Waals surface area (Å²) < 4.78 is 27.4. The molecule has 20 heavy (non-hydrogen) atoms. The highest BCUT2D eigenvalue weighted by Gasteiger charge is 2.17. The van der Waals surface area contributed by atoms with E-state index in [0.717, 1.165) is 15.8 Å². The first-order chi connectivity index (χ1) is 9.37. The molecule has 0 aliphatic carbocycles. The summed E-state index contributed by atoms with van der Waals surface area (Å²) >= 11 is 1.40. The van der Waals surface area contributed by atoms with Crippen molar-refractivity contribution in [3.05, 3.63) is 28.5 Å². The summed E-state index contributed by atoms with van der Waals surface area (Å²) in [5.74, 6) is -1.09. The van der Waals surface area contributed by atoms with Gasteiger partial charge >= 0.3 is 5.97 Å². The zero-order valence-electron chi connectivity index (χ0n) is 10.5. The third kappa shape index (κ3) is 3.62. The highest BCUT2D eigenvalue weighted by atomic mass is 32.2. The quantitative estimate of drug-likeness (QED) is 0.787. The molecular formula is C10H12N4O4S2. The first-order valence-corrected chi connectivity index (χ1v) is 7.82. The van der Waals surface area contributed by atoms with Crippen molar-refractivity contribution in [1.29, 1.82) is 0 Å². The molecule has 108 valence electrons. The molecule has 2 aromatic heterocycles. The Kier molecular flexibility index (Phi) is 4.16. The van der Waals surface area contributed by atoms with Crippen LogP contribution in [0.5, 0.6) is 0 Å². The van der Waals surface area contributed by atoms with Crippen LogP contribution >= 0.6 is 11.3 Å². The second kappa shape index (κ2) is 5.69. The molecule has 0 spiro atoms. The maximum atomic E-state index is 12.0. The number of aryl methyl sites for hydroxylation is 1. The standard InChI is InChI=1S/C10H12N4O4S2/c1-7-2-11-9(19-7)4-13-20(17,18)8-3-12-14(5-8)6-10(15)16/h2-3,5,13H,4,6H2,1H3,(H,15,16). The number of carboxylic acids is 1. The maximum Gasteiger partial charge on any atom is 0.325 e. The third-order valence-corrected chi connectivity index (χ3v) is 4.57. The van der Waals surface area contributed by atoms with Gasteiger partial charge in [-0.25, -0.2) is 18.1 Å². The number of aliphatic carboxylic acids is 1. The molecule has 2 rings (SSSR count). The first kappa shape index (κ1) is 14.6. The number of aromatic nitrogens is 3. The number of rotatable bonds is 6. The molecule has 0 saturated heterocycles. The molecule has 0 fully saturated rings. The van der Waals surface area contributed by atoms with E-state index in [1.54, 1.807) is 6.20 Å². The highest BCUT2D eigenvalue weighted by Crippen LogP contribution is 2.13. The van der Waals surface area contributed by atoms with E-state index < -0.39 is 16.0 Å². The van der Waals surface area contributed by atoms with Crippen LogP contribution in [-0.4, -0.2) is 34.3 Å². The van der Waals surface area contributed by atoms with Crippen molar-refractivity contribution >= 4 is 27.3 Å². The molecule has 0 aromatic carbocycles. The van der Waals surface area contributed by atoms with E-state index in [9.17, 15) is 13.2 Å². The van der Waals surface area contributed by atoms with Gasteiger partial charge in [-0.05, 0) is 6.92 Å². The van der Waals surface area contributed by atoms with Crippen molar-refractivity contribution in [2.24, 2.45) is 0 Å². The predicted molar refractivity (Wildman–Crippen MR) is 70.7 cm³/mol. The normalized spacial score (nSPS) is 11.7. The van der Waals surface area contributed by atoms with Crippen LogP contribution in [0.15, 0.2) is 23.5 Å². The minimum Gasteiger partial charge on any atom is -0.480 e. The van der Waals surface area contributed by atoms with Gasteiger partial charge in [0.25, 0.3) is 0 Å². The second-order valence-electron chi connectivity index (χ2n) is 3.96. The molecule has 8 nitrogen and oxygen atoms in total. The molecule has 0 bridgehead atoms. The number of nitrogens with one attached hydrogen (secondary N) is 1. The Bertz CT molecular complexity index is 719. The van der Waals surface area contributed by atoms with Crippen molar-refractivity contribution in [3.63, 3.8) is 0 Å². The lowest BCUT2D eigenvalue weighted by Gasteiger charge is -2.01. The molecule has 0 aliphatic heterocycles. The molecule has 0 saturated carbocycles. The molecule has 10 heteroatoms. The molecule has 0 aliphatic rings. The summed E-state index contributed by atoms with van der Waals surface area (Å²) in [6, 6.07) is 0. The second-order valence-corrected chi connectivity index (χ2v) is 7.04. The van der Waals surface area contributed by atoms with Crippen LogP contribution in [0.25, 0.3) is 0 Å². The van der Waals surface area contributed by atoms with Gasteiger partial charge in [-0.3, -0.25) is 9.48 Å². The van der Waals surface area contributed by atoms with Gasteiger partial charge in [0.2, 0.25) is 10.0 Å². The van der Waals surface area contributed by atoms with Crippen LogP contribution in [0.3, 0.4) is 0 Å². The highest BCUT2D eigenvalue weighted by molar-refractivity contribution is 7.89. The number of carboxylic acid groups (broad SMARTS) is 1. The van der Waals surface area contributed by atoms with Gasteiger partial charge in [0.05, 0.1) is 12.7 Å². The smallest absolute Gasteiger partial charge is 0.325 e. The van der Waals surface area contributed by atoms with E-state index in [-0.39, 0.29) is 18.0 Å². The zero-order valence-corrected chi connectivity index (χ0v) is 12.1. The van der Waals surface area contributed by atoms with E-state index in [1.165, 1.54) is 17.5 Å². The fourth-order valence-corrected chi connectivity index (χ4v) is 3.19. The van der Waals surface area contributed by atoms with Gasteiger partial charge in [0, 0.05) is 17.3 Å². The van der Waals surface area contributed by atoms with Crippen LogP contribution in [0.1, 0.15) is 9.88 Å². The van der Waals surface area contributed by atoms with E-state index in [4.69, 9.17) is 5.11 Å².